The van der Waals surface area contributed by atoms with Crippen LogP contribution in [0.4, 0.5) is 0 Å². The van der Waals surface area contributed by atoms with Crippen molar-refractivity contribution in [2.24, 2.45) is 29.4 Å². The van der Waals surface area contributed by atoms with Crippen molar-refractivity contribution in [1.82, 2.24) is 28.9 Å². The van der Waals surface area contributed by atoms with E-state index in [1.54, 1.807) is 7.11 Å². The van der Waals surface area contributed by atoms with Crippen LogP contribution in [0.25, 0.3) is 33.6 Å². The van der Waals surface area contributed by atoms with Gasteiger partial charge in [0.25, 0.3) is 5.91 Å². The van der Waals surface area contributed by atoms with Gasteiger partial charge in [0.2, 0.25) is 5.91 Å². The first-order chi connectivity index (χ1) is 22.0. The molecule has 1 aromatic carbocycles. The molecule has 3 atom stereocenters. The Balaban J connectivity index is 1.13. The van der Waals surface area contributed by atoms with E-state index < -0.39 is 0 Å². The SMILES string of the molecule is COc1cc(C(=O)N2C[C@H]3CC[C@@H]2[C@@H]3N)cc2nc(-c3cc4cccnc4n3CC3CC3)n(CC3CN(C(=O)C4CCC4)C3)c12. The molecule has 0 spiro atoms. The van der Waals surface area contributed by atoms with Gasteiger partial charge in [-0.3, -0.25) is 9.59 Å². The third-order valence-electron chi connectivity index (χ3n) is 11.4. The van der Waals surface area contributed by atoms with Gasteiger partial charge in [0.1, 0.15) is 16.9 Å². The Morgan fingerprint density at radius 3 is 2.49 bits per heavy atom. The summed E-state index contributed by atoms with van der Waals surface area (Å²) in [6.45, 7) is 3.87. The molecule has 2 N–H and O–H groups in total. The molecule has 9 rings (SSSR count). The number of hydrogen-bond donors (Lipinski definition) is 1. The molecule has 2 bridgehead atoms. The highest BCUT2D eigenvalue weighted by Crippen LogP contribution is 2.41. The number of hydrogen-bond acceptors (Lipinski definition) is 6. The Bertz CT molecular complexity index is 1830. The highest BCUT2D eigenvalue weighted by molar-refractivity contribution is 6.00. The second-order valence-electron chi connectivity index (χ2n) is 14.3. The minimum atomic E-state index is 0.00476. The van der Waals surface area contributed by atoms with Crippen molar-refractivity contribution in [2.45, 2.75) is 70.1 Å². The number of benzene rings is 1. The summed E-state index contributed by atoms with van der Waals surface area (Å²) in [5.41, 5.74) is 10.7. The van der Waals surface area contributed by atoms with Crippen molar-refractivity contribution >= 4 is 33.9 Å². The van der Waals surface area contributed by atoms with Gasteiger partial charge in [-0.2, -0.15) is 0 Å². The first-order valence-corrected chi connectivity index (χ1v) is 16.8. The summed E-state index contributed by atoms with van der Waals surface area (Å²) < 4.78 is 10.6. The van der Waals surface area contributed by atoms with Gasteiger partial charge in [-0.25, -0.2) is 9.97 Å². The van der Waals surface area contributed by atoms with E-state index in [2.05, 4.69) is 21.3 Å². The van der Waals surface area contributed by atoms with E-state index in [0.29, 0.717) is 41.5 Å². The summed E-state index contributed by atoms with van der Waals surface area (Å²) in [6, 6.07) is 10.3. The molecule has 3 aliphatic carbocycles. The molecule has 0 radical (unpaired) electrons. The van der Waals surface area contributed by atoms with Crippen LogP contribution < -0.4 is 10.5 Å². The molecule has 5 aliphatic rings. The van der Waals surface area contributed by atoms with Crippen LogP contribution in [0.5, 0.6) is 5.75 Å². The molecule has 10 nitrogen and oxygen atoms in total. The molecule has 3 aromatic heterocycles. The third kappa shape index (κ3) is 4.39. The van der Waals surface area contributed by atoms with Crippen LogP contribution in [0.15, 0.2) is 36.5 Å². The van der Waals surface area contributed by atoms with E-state index in [9.17, 15) is 9.59 Å². The van der Waals surface area contributed by atoms with Crippen LogP contribution in [0.3, 0.4) is 0 Å². The number of rotatable bonds is 8. The number of likely N-dealkylation sites (tertiary alicyclic amines) is 2. The number of imidazole rings is 1. The Morgan fingerprint density at radius 1 is 0.978 bits per heavy atom. The molecule has 45 heavy (non-hydrogen) atoms. The summed E-state index contributed by atoms with van der Waals surface area (Å²) in [5.74, 6) is 3.40. The zero-order valence-corrected chi connectivity index (χ0v) is 25.9. The average molecular weight is 608 g/mol. The van der Waals surface area contributed by atoms with Crippen LogP contribution in [-0.4, -0.2) is 79.5 Å². The van der Waals surface area contributed by atoms with Crippen LogP contribution in [0.2, 0.25) is 0 Å². The molecule has 10 heteroatoms. The molecular weight excluding hydrogens is 566 g/mol. The fourth-order valence-corrected chi connectivity index (χ4v) is 8.38. The summed E-state index contributed by atoms with van der Waals surface area (Å²) in [7, 11) is 1.67. The standard InChI is InChI=1S/C35H41N7O3/c1-45-29-14-25(35(44)41-19-24-9-10-27(41)30(24)36)12-26-31(29)42(18-21-15-39(16-21)34(43)22-4-2-5-22)33(38-26)28-13-23-6-3-11-37-32(23)40(28)17-20-7-8-20/h3,6,11-14,20-22,24,27,30H,2,4-5,7-10,15-19,36H2,1H3/t24-,27-,30-/m1/s1. The molecule has 4 aromatic rings. The number of carbonyl (C=O) groups excluding carboxylic acids is 2. The van der Waals surface area contributed by atoms with Gasteiger partial charge in [-0.15, -0.1) is 0 Å². The zero-order valence-electron chi connectivity index (χ0n) is 25.9. The predicted octanol–water partition coefficient (Wildman–Crippen LogP) is 4.29. The van der Waals surface area contributed by atoms with Crippen LogP contribution in [-0.2, 0) is 17.9 Å². The summed E-state index contributed by atoms with van der Waals surface area (Å²) in [4.78, 5) is 40.9. The number of methoxy groups -OCH3 is 1. The maximum absolute atomic E-state index is 13.9. The molecule has 234 valence electrons. The van der Waals surface area contributed by atoms with E-state index in [1.807, 2.05) is 34.2 Å². The lowest BCUT2D eigenvalue weighted by Crippen LogP contribution is -2.54. The van der Waals surface area contributed by atoms with Gasteiger partial charge < -0.3 is 29.4 Å². The fraction of sp³-hybridized carbons (Fsp3) is 0.543. The predicted molar refractivity (Wildman–Crippen MR) is 171 cm³/mol. The van der Waals surface area contributed by atoms with Gasteiger partial charge in [-0.1, -0.05) is 6.42 Å². The van der Waals surface area contributed by atoms with Crippen LogP contribution in [0.1, 0.15) is 55.3 Å². The maximum Gasteiger partial charge on any atom is 0.254 e. The molecule has 2 saturated heterocycles. The smallest absolute Gasteiger partial charge is 0.254 e. The maximum atomic E-state index is 13.9. The number of amides is 2. The Labute approximate surface area is 262 Å². The normalized spacial score (nSPS) is 24.9. The molecule has 2 amide bonds. The number of nitrogens with zero attached hydrogens (tertiary/aromatic N) is 6. The summed E-state index contributed by atoms with van der Waals surface area (Å²) >= 11 is 0. The molecule has 2 aliphatic heterocycles. The quantitative estimate of drug-likeness (QED) is 0.320. The lowest BCUT2D eigenvalue weighted by molar-refractivity contribution is -0.145. The van der Waals surface area contributed by atoms with Crippen molar-refractivity contribution < 1.29 is 14.3 Å². The van der Waals surface area contributed by atoms with Gasteiger partial charge in [0, 0.05) is 73.8 Å². The first kappa shape index (κ1) is 27.4. The fourth-order valence-electron chi connectivity index (χ4n) is 8.38. The van der Waals surface area contributed by atoms with Crippen molar-refractivity contribution in [3.63, 3.8) is 0 Å². The average Bonchev–Trinajstić information content (AvgIpc) is 3.35. The number of aromatic nitrogens is 4. The second kappa shape index (κ2) is 10.3. The van der Waals surface area contributed by atoms with Crippen LogP contribution >= 0.6 is 0 Å². The molecular formula is C35H41N7O3. The van der Waals surface area contributed by atoms with E-state index in [4.69, 9.17) is 20.4 Å². The van der Waals surface area contributed by atoms with Crippen molar-refractivity contribution in [3.8, 4) is 17.3 Å². The summed E-state index contributed by atoms with van der Waals surface area (Å²) in [6.07, 6.45) is 9.61. The third-order valence-corrected chi connectivity index (χ3v) is 11.4. The molecule has 3 saturated carbocycles. The van der Waals surface area contributed by atoms with E-state index in [0.717, 1.165) is 91.9 Å². The number of nitrogens with two attached hydrogens (primary N) is 1. The number of ether oxygens (including phenoxy) is 1. The van der Waals surface area contributed by atoms with Crippen molar-refractivity contribution in [3.05, 3.63) is 42.1 Å². The lowest BCUT2D eigenvalue weighted by atomic mass is 9.83. The van der Waals surface area contributed by atoms with Gasteiger partial charge in [0.05, 0.1) is 18.3 Å². The van der Waals surface area contributed by atoms with Crippen LogP contribution in [0, 0.1) is 23.7 Å². The van der Waals surface area contributed by atoms with Gasteiger partial charge in [-0.05, 0) is 80.7 Å². The number of piperidine rings is 1. The Kier molecular flexibility index (Phi) is 6.27. The number of carbonyl (C=O) groups is 2. The molecule has 5 heterocycles. The topological polar surface area (TPSA) is 112 Å². The van der Waals surface area contributed by atoms with Gasteiger partial charge >= 0.3 is 0 Å². The van der Waals surface area contributed by atoms with Crippen molar-refractivity contribution in [2.75, 3.05) is 26.7 Å². The highest BCUT2D eigenvalue weighted by atomic mass is 16.5. The Morgan fingerprint density at radius 2 is 1.80 bits per heavy atom. The van der Waals surface area contributed by atoms with E-state index in [1.165, 1.54) is 12.8 Å². The van der Waals surface area contributed by atoms with E-state index >= 15 is 0 Å². The highest BCUT2D eigenvalue weighted by Gasteiger charge is 2.47. The Hall–Kier alpha value is -3.92. The van der Waals surface area contributed by atoms with E-state index in [-0.39, 0.29) is 23.9 Å². The molecule has 5 fully saturated rings. The first-order valence-electron chi connectivity index (χ1n) is 16.8. The zero-order chi connectivity index (χ0) is 30.4. The minimum absolute atomic E-state index is 0.00476. The number of pyridine rings is 1. The largest absolute Gasteiger partial charge is 0.494 e. The number of fused-ring (bicyclic) bond motifs is 4. The lowest BCUT2D eigenvalue weighted by Gasteiger charge is -2.43. The van der Waals surface area contributed by atoms with Gasteiger partial charge in [0.15, 0.2) is 5.82 Å². The monoisotopic (exact) mass is 607 g/mol. The van der Waals surface area contributed by atoms with Crippen molar-refractivity contribution in [1.29, 1.82) is 0 Å². The molecule has 0 unspecified atom stereocenters. The second-order valence-corrected chi connectivity index (χ2v) is 14.3. The summed E-state index contributed by atoms with van der Waals surface area (Å²) in [5, 5.41) is 1.09. The minimum Gasteiger partial charge on any atom is -0.494 e.